The predicted octanol–water partition coefficient (Wildman–Crippen LogP) is 1.79. The van der Waals surface area contributed by atoms with E-state index in [0.29, 0.717) is 0 Å². The molecule has 0 aliphatic rings. The Morgan fingerprint density at radius 2 is 1.33 bits per heavy atom. The first-order valence-electron chi connectivity index (χ1n) is 6.08. The first-order chi connectivity index (χ1) is 8.69. The molecule has 0 N–H and O–H groups in total. The van der Waals surface area contributed by atoms with Crippen LogP contribution in [-0.4, -0.2) is 21.2 Å². The molecular formula is C15H17HgNO. The monoisotopic (exact) mass is 429 g/mol. The van der Waals surface area contributed by atoms with Gasteiger partial charge in [-0.3, -0.25) is 0 Å². The third-order valence-electron chi connectivity index (χ3n) is 3.02. The summed E-state index contributed by atoms with van der Waals surface area (Å²) in [7, 11) is 5.85. The zero-order chi connectivity index (χ0) is 13.0. The predicted molar refractivity (Wildman–Crippen MR) is 73.0 cm³/mol. The van der Waals surface area contributed by atoms with Gasteiger partial charge in [-0.1, -0.05) is 0 Å². The van der Waals surface area contributed by atoms with Crippen LogP contribution < -0.4 is 15.8 Å². The quantitative estimate of drug-likeness (QED) is 0.690. The Bertz CT molecular complexity index is 491. The van der Waals surface area contributed by atoms with Crippen molar-refractivity contribution >= 4 is 11.8 Å². The number of nitrogens with zero attached hydrogens (tertiary/aromatic N) is 1. The first-order valence-corrected chi connectivity index (χ1v) is 11.6. The van der Waals surface area contributed by atoms with Crippen LogP contribution in [-0.2, 0) is 24.6 Å². The molecule has 3 heteroatoms. The average molecular weight is 428 g/mol. The van der Waals surface area contributed by atoms with Crippen molar-refractivity contribution in [3.63, 3.8) is 0 Å². The van der Waals surface area contributed by atoms with E-state index in [9.17, 15) is 0 Å². The van der Waals surface area contributed by atoms with Crippen molar-refractivity contribution in [3.8, 4) is 5.75 Å². The molecule has 90 valence electrons. The molecule has 0 amide bonds. The summed E-state index contributed by atoms with van der Waals surface area (Å²) in [6.45, 7) is 0. The molecule has 0 radical (unpaired) electrons. The average Bonchev–Trinajstić information content (AvgIpc) is 2.40. The van der Waals surface area contributed by atoms with Crippen molar-refractivity contribution < 1.29 is 29.3 Å². The Morgan fingerprint density at radius 3 is 1.78 bits per heavy atom. The summed E-state index contributed by atoms with van der Waals surface area (Å²) in [5.74, 6) is 0.940. The van der Waals surface area contributed by atoms with Crippen LogP contribution in [0.25, 0.3) is 0 Å². The van der Waals surface area contributed by atoms with Crippen LogP contribution in [0.2, 0.25) is 0 Å². The number of anilines is 1. The van der Waals surface area contributed by atoms with Crippen LogP contribution in [0.15, 0.2) is 48.5 Å². The van der Waals surface area contributed by atoms with Gasteiger partial charge in [0.15, 0.2) is 0 Å². The molecule has 0 aliphatic heterocycles. The van der Waals surface area contributed by atoms with E-state index >= 15 is 0 Å². The maximum atomic E-state index is 5.18. The van der Waals surface area contributed by atoms with Crippen molar-refractivity contribution in [1.82, 2.24) is 0 Å². The molecular weight excluding hydrogens is 411 g/mol. The number of hydrogen-bond donors (Lipinski definition) is 0. The second-order valence-electron chi connectivity index (χ2n) is 4.59. The third-order valence-corrected chi connectivity index (χ3v) is 9.86. The molecule has 0 saturated heterocycles. The molecule has 0 bridgehead atoms. The van der Waals surface area contributed by atoms with Gasteiger partial charge in [-0.05, 0) is 0 Å². The Labute approximate surface area is 121 Å². The van der Waals surface area contributed by atoms with Crippen LogP contribution >= 0.6 is 0 Å². The van der Waals surface area contributed by atoms with Gasteiger partial charge in [0.05, 0.1) is 0 Å². The standard InChI is InChI=1S/C8H10N.C7H7O.Hg/c1-9(2)8-6-4-3-5-7-8;1-8-7-5-3-2-4-6-7;/h4-7H,1-2H3;3-6H,1H3;. The fraction of sp³-hybridized carbons (Fsp3) is 0.200. The molecule has 0 aliphatic carbocycles. The molecule has 0 spiro atoms. The van der Waals surface area contributed by atoms with Crippen LogP contribution in [0.1, 0.15) is 0 Å². The second-order valence-corrected chi connectivity index (χ2v) is 12.3. The van der Waals surface area contributed by atoms with E-state index in [-0.39, 0.29) is 0 Å². The van der Waals surface area contributed by atoms with Gasteiger partial charge in [-0.15, -0.1) is 0 Å². The third kappa shape index (κ3) is 3.48. The van der Waals surface area contributed by atoms with Crippen LogP contribution in [0.5, 0.6) is 5.75 Å². The molecule has 2 aromatic rings. The summed E-state index contributed by atoms with van der Waals surface area (Å²) < 4.78 is 8.25. The van der Waals surface area contributed by atoms with E-state index < -0.39 is 24.6 Å². The molecule has 2 aromatic carbocycles. The van der Waals surface area contributed by atoms with Gasteiger partial charge in [0.2, 0.25) is 0 Å². The van der Waals surface area contributed by atoms with Gasteiger partial charge in [-0.25, -0.2) is 0 Å². The van der Waals surface area contributed by atoms with Crippen LogP contribution in [0.4, 0.5) is 5.69 Å². The van der Waals surface area contributed by atoms with E-state index in [1.54, 1.807) is 10.2 Å². The van der Waals surface area contributed by atoms with E-state index in [1.807, 2.05) is 0 Å². The zero-order valence-corrected chi connectivity index (χ0v) is 16.7. The van der Waals surface area contributed by atoms with Gasteiger partial charge in [-0.2, -0.15) is 0 Å². The van der Waals surface area contributed by atoms with Gasteiger partial charge < -0.3 is 0 Å². The fourth-order valence-electron chi connectivity index (χ4n) is 1.89. The van der Waals surface area contributed by atoms with E-state index in [4.69, 9.17) is 4.74 Å². The second kappa shape index (κ2) is 6.23. The Morgan fingerprint density at radius 1 is 0.833 bits per heavy atom. The van der Waals surface area contributed by atoms with Gasteiger partial charge >= 0.3 is 122 Å². The molecule has 2 nitrogen and oxygen atoms in total. The van der Waals surface area contributed by atoms with Gasteiger partial charge in [0.25, 0.3) is 0 Å². The summed E-state index contributed by atoms with van der Waals surface area (Å²) in [6, 6.07) is 17.5. The van der Waals surface area contributed by atoms with E-state index in [2.05, 4.69) is 67.5 Å². The summed E-state index contributed by atoms with van der Waals surface area (Å²) >= 11 is -1.17. The van der Waals surface area contributed by atoms with Crippen LogP contribution in [0, 0.1) is 0 Å². The van der Waals surface area contributed by atoms with Crippen molar-refractivity contribution in [3.05, 3.63) is 48.5 Å². The minimum absolute atomic E-state index is 0.940. The summed E-state index contributed by atoms with van der Waals surface area (Å²) in [4.78, 5) is 2.13. The fourth-order valence-corrected chi connectivity index (χ4v) is 7.39. The molecule has 0 aromatic heterocycles. The van der Waals surface area contributed by atoms with Crippen LogP contribution in [0.3, 0.4) is 0 Å². The number of methoxy groups -OCH3 is 1. The Hall–Kier alpha value is -1.02. The topological polar surface area (TPSA) is 12.5 Å². The molecule has 0 saturated carbocycles. The van der Waals surface area contributed by atoms with Crippen molar-refractivity contribution in [2.24, 2.45) is 0 Å². The Kier molecular flexibility index (Phi) is 4.64. The molecule has 0 fully saturated rings. The number of rotatable bonds is 4. The summed E-state index contributed by atoms with van der Waals surface area (Å²) in [5, 5.41) is 0. The van der Waals surface area contributed by atoms with E-state index in [1.165, 1.54) is 8.76 Å². The normalized spacial score (nSPS) is 9.72. The molecule has 18 heavy (non-hydrogen) atoms. The van der Waals surface area contributed by atoms with Crippen molar-refractivity contribution in [2.45, 2.75) is 0 Å². The Balaban J connectivity index is 2.08. The summed E-state index contributed by atoms with van der Waals surface area (Å²) in [6.07, 6.45) is 0. The minimum atomic E-state index is -1.17. The van der Waals surface area contributed by atoms with E-state index in [0.717, 1.165) is 5.75 Å². The van der Waals surface area contributed by atoms with Gasteiger partial charge in [0, 0.05) is 0 Å². The molecule has 2 rings (SSSR count). The number of benzene rings is 2. The zero-order valence-electron chi connectivity index (χ0n) is 11.2. The first kappa shape index (κ1) is 13.4. The number of ether oxygens (including phenoxy) is 1. The summed E-state index contributed by atoms with van der Waals surface area (Å²) in [5.41, 5.74) is 1.27. The number of hydrogen-bond acceptors (Lipinski definition) is 2. The molecule has 0 atom stereocenters. The van der Waals surface area contributed by atoms with Crippen molar-refractivity contribution in [2.75, 3.05) is 26.1 Å². The molecule has 0 unspecified atom stereocenters. The molecule has 0 heterocycles. The van der Waals surface area contributed by atoms with Gasteiger partial charge in [0.1, 0.15) is 0 Å². The maximum absolute atomic E-state index is 5.18. The SMILES string of the molecule is COc1cc[c]([Hg][c]2ccc(N(C)C)cc2)cc1. The van der Waals surface area contributed by atoms with Crippen molar-refractivity contribution in [1.29, 1.82) is 0 Å².